The molecule has 3 rings (SSSR count). The van der Waals surface area contributed by atoms with E-state index in [-0.39, 0.29) is 17.8 Å². The van der Waals surface area contributed by atoms with Crippen molar-refractivity contribution in [3.05, 3.63) is 65.7 Å². The third-order valence-corrected chi connectivity index (χ3v) is 5.98. The zero-order valence-electron chi connectivity index (χ0n) is 18.3. The van der Waals surface area contributed by atoms with Crippen molar-refractivity contribution in [2.75, 3.05) is 40.3 Å². The molecule has 1 aliphatic rings. The number of nitrogens with zero attached hydrogens (tertiary/aromatic N) is 4. The van der Waals surface area contributed by atoms with Crippen LogP contribution >= 0.6 is 0 Å². The molecule has 6 heteroatoms. The largest absolute Gasteiger partial charge is 0.338 e. The smallest absolute Gasteiger partial charge is 0.244 e. The maximum atomic E-state index is 13.9. The van der Waals surface area contributed by atoms with E-state index >= 15 is 0 Å². The molecule has 1 amide bonds. The van der Waals surface area contributed by atoms with Gasteiger partial charge < -0.3 is 9.80 Å². The lowest BCUT2D eigenvalue weighted by molar-refractivity contribution is -0.139. The number of piperidine rings is 1. The Bertz CT molecular complexity index is 806. The summed E-state index contributed by atoms with van der Waals surface area (Å²) in [6, 6.07) is 12.0. The van der Waals surface area contributed by atoms with Gasteiger partial charge in [-0.25, -0.2) is 4.39 Å². The first-order valence-corrected chi connectivity index (χ1v) is 10.8. The average molecular weight is 413 g/mol. The number of carbonyl (C=O) groups is 1. The number of likely N-dealkylation sites (N-methyl/N-ethyl adjacent to an activating group) is 1. The third-order valence-electron chi connectivity index (χ3n) is 5.98. The van der Waals surface area contributed by atoms with Crippen molar-refractivity contribution in [2.24, 2.45) is 0 Å². The number of hydrogen-bond donors (Lipinski definition) is 0. The highest BCUT2D eigenvalue weighted by molar-refractivity contribution is 5.83. The Hall–Kier alpha value is -2.31. The van der Waals surface area contributed by atoms with Crippen LogP contribution in [0.15, 0.2) is 48.7 Å². The number of halogens is 1. The molecule has 30 heavy (non-hydrogen) atoms. The summed E-state index contributed by atoms with van der Waals surface area (Å²) in [5, 5.41) is 0. The number of aromatic nitrogens is 1. The molecule has 5 nitrogen and oxygen atoms in total. The topological polar surface area (TPSA) is 39.7 Å². The summed E-state index contributed by atoms with van der Waals surface area (Å²) in [6.07, 6.45) is 4.43. The number of hydrogen-bond acceptors (Lipinski definition) is 4. The average Bonchev–Trinajstić information content (AvgIpc) is 2.75. The van der Waals surface area contributed by atoms with Gasteiger partial charge in [0.1, 0.15) is 11.9 Å². The summed E-state index contributed by atoms with van der Waals surface area (Å²) >= 11 is 0. The second-order valence-electron chi connectivity index (χ2n) is 8.19. The van der Waals surface area contributed by atoms with Crippen molar-refractivity contribution in [2.45, 2.75) is 38.3 Å². The van der Waals surface area contributed by atoms with Crippen LogP contribution in [0.5, 0.6) is 0 Å². The van der Waals surface area contributed by atoms with E-state index in [0.717, 1.165) is 38.2 Å². The van der Waals surface area contributed by atoms with Crippen molar-refractivity contribution in [3.8, 4) is 0 Å². The van der Waals surface area contributed by atoms with Gasteiger partial charge in [0.25, 0.3) is 0 Å². The lowest BCUT2D eigenvalue weighted by Gasteiger charge is -2.40. The van der Waals surface area contributed by atoms with E-state index in [2.05, 4.69) is 16.8 Å². The molecule has 2 heterocycles. The number of amides is 1. The fourth-order valence-corrected chi connectivity index (χ4v) is 4.30. The standard InChI is InChI=1S/C24H33FN4O/c1-4-28-15-12-22(13-16-28)29(17-11-21-10-5-6-14-26-21)24(30)23(27(2)3)19-8-7-9-20(25)18-19/h5-10,14,18,22-23H,4,11-13,15-17H2,1-3H3. The predicted molar refractivity (Wildman–Crippen MR) is 118 cm³/mol. The zero-order chi connectivity index (χ0) is 21.5. The normalized spacial score (nSPS) is 16.6. The maximum Gasteiger partial charge on any atom is 0.244 e. The summed E-state index contributed by atoms with van der Waals surface area (Å²) in [5.41, 5.74) is 1.67. The van der Waals surface area contributed by atoms with Gasteiger partial charge in [-0.1, -0.05) is 25.1 Å². The molecule has 1 atom stereocenters. The first-order chi connectivity index (χ1) is 14.5. The Morgan fingerprint density at radius 1 is 1.20 bits per heavy atom. The molecule has 0 spiro atoms. The molecule has 1 aromatic carbocycles. The second kappa shape index (κ2) is 10.6. The molecule has 0 aliphatic carbocycles. The molecule has 1 fully saturated rings. The Morgan fingerprint density at radius 2 is 1.97 bits per heavy atom. The molecule has 162 valence electrons. The van der Waals surface area contributed by atoms with Crippen LogP contribution in [0.2, 0.25) is 0 Å². The molecule has 0 N–H and O–H groups in total. The number of likely N-dealkylation sites (tertiary alicyclic amines) is 1. The molecule has 2 aromatic rings. The van der Waals surface area contributed by atoms with E-state index in [0.29, 0.717) is 18.5 Å². The van der Waals surface area contributed by atoms with E-state index in [1.165, 1.54) is 12.1 Å². The van der Waals surface area contributed by atoms with Crippen LogP contribution in [-0.2, 0) is 11.2 Å². The molecular formula is C24H33FN4O. The number of pyridine rings is 1. The molecule has 0 saturated carbocycles. The Balaban J connectivity index is 1.83. The summed E-state index contributed by atoms with van der Waals surface area (Å²) in [5.74, 6) is -0.278. The second-order valence-corrected chi connectivity index (χ2v) is 8.19. The van der Waals surface area contributed by atoms with Crippen molar-refractivity contribution in [1.29, 1.82) is 0 Å². The van der Waals surface area contributed by atoms with E-state index in [1.54, 1.807) is 12.3 Å². The van der Waals surface area contributed by atoms with Gasteiger partial charge in [0.15, 0.2) is 0 Å². The van der Waals surface area contributed by atoms with Crippen LogP contribution in [0.25, 0.3) is 0 Å². The first-order valence-electron chi connectivity index (χ1n) is 10.8. The van der Waals surface area contributed by atoms with E-state index in [4.69, 9.17) is 0 Å². The van der Waals surface area contributed by atoms with Gasteiger partial charge in [-0.2, -0.15) is 0 Å². The summed E-state index contributed by atoms with van der Waals surface area (Å²) in [7, 11) is 3.76. The quantitative estimate of drug-likeness (QED) is 0.666. The molecule has 0 radical (unpaired) electrons. The first kappa shape index (κ1) is 22.4. The highest BCUT2D eigenvalue weighted by atomic mass is 19.1. The van der Waals surface area contributed by atoms with E-state index in [1.807, 2.05) is 48.2 Å². The monoisotopic (exact) mass is 412 g/mol. The van der Waals surface area contributed by atoms with Crippen LogP contribution in [0.3, 0.4) is 0 Å². The van der Waals surface area contributed by atoms with Crippen LogP contribution in [0, 0.1) is 5.82 Å². The van der Waals surface area contributed by atoms with Gasteiger partial charge in [-0.05, 0) is 63.3 Å². The maximum absolute atomic E-state index is 13.9. The minimum absolute atomic E-state index is 0.0384. The summed E-state index contributed by atoms with van der Waals surface area (Å²) < 4.78 is 13.9. The molecule has 1 saturated heterocycles. The minimum atomic E-state index is -0.506. The van der Waals surface area contributed by atoms with Crippen LogP contribution in [-0.4, -0.2) is 71.9 Å². The van der Waals surface area contributed by atoms with Gasteiger partial charge in [0, 0.05) is 44.0 Å². The number of benzene rings is 1. The van der Waals surface area contributed by atoms with Crippen molar-refractivity contribution in [1.82, 2.24) is 19.7 Å². The van der Waals surface area contributed by atoms with Crippen molar-refractivity contribution < 1.29 is 9.18 Å². The predicted octanol–water partition coefficient (Wildman–Crippen LogP) is 3.38. The van der Waals surface area contributed by atoms with Gasteiger partial charge >= 0.3 is 0 Å². The Labute approximate surface area is 179 Å². The molecular weight excluding hydrogens is 379 g/mol. The summed E-state index contributed by atoms with van der Waals surface area (Å²) in [6.45, 7) is 5.84. The Morgan fingerprint density at radius 3 is 2.57 bits per heavy atom. The summed E-state index contributed by atoms with van der Waals surface area (Å²) in [4.78, 5) is 24.6. The van der Waals surface area contributed by atoms with Crippen LogP contribution in [0.4, 0.5) is 4.39 Å². The van der Waals surface area contributed by atoms with Crippen molar-refractivity contribution >= 4 is 5.91 Å². The van der Waals surface area contributed by atoms with E-state index in [9.17, 15) is 9.18 Å². The fraction of sp³-hybridized carbons (Fsp3) is 0.500. The third kappa shape index (κ3) is 5.64. The highest BCUT2D eigenvalue weighted by Crippen LogP contribution is 2.26. The molecule has 0 bridgehead atoms. The number of carbonyl (C=O) groups excluding carboxylic acids is 1. The number of rotatable bonds is 8. The van der Waals surface area contributed by atoms with Gasteiger partial charge in [-0.3, -0.25) is 14.7 Å². The minimum Gasteiger partial charge on any atom is -0.338 e. The fourth-order valence-electron chi connectivity index (χ4n) is 4.30. The molecule has 1 aliphatic heterocycles. The van der Waals surface area contributed by atoms with Crippen LogP contribution in [0.1, 0.15) is 37.1 Å². The molecule has 1 unspecified atom stereocenters. The van der Waals surface area contributed by atoms with Gasteiger partial charge in [0.2, 0.25) is 5.91 Å². The molecule has 1 aromatic heterocycles. The highest BCUT2D eigenvalue weighted by Gasteiger charge is 2.33. The van der Waals surface area contributed by atoms with Crippen molar-refractivity contribution in [3.63, 3.8) is 0 Å². The zero-order valence-corrected chi connectivity index (χ0v) is 18.3. The lowest BCUT2D eigenvalue weighted by Crippen LogP contribution is -2.51. The van der Waals surface area contributed by atoms with Crippen LogP contribution < -0.4 is 0 Å². The lowest BCUT2D eigenvalue weighted by atomic mass is 9.98. The van der Waals surface area contributed by atoms with Gasteiger partial charge in [-0.15, -0.1) is 0 Å². The SMILES string of the molecule is CCN1CCC(N(CCc2ccccn2)C(=O)C(c2cccc(F)c2)N(C)C)CC1. The van der Waals surface area contributed by atoms with E-state index < -0.39 is 6.04 Å². The Kier molecular flexibility index (Phi) is 7.94. The van der Waals surface area contributed by atoms with Gasteiger partial charge in [0.05, 0.1) is 0 Å².